The van der Waals surface area contributed by atoms with Crippen molar-refractivity contribution < 1.29 is 22.3 Å². The summed E-state index contributed by atoms with van der Waals surface area (Å²) < 4.78 is 60.2. The van der Waals surface area contributed by atoms with Crippen LogP contribution in [0.2, 0.25) is 0 Å². The minimum Gasteiger partial charge on any atom is -0.490 e. The van der Waals surface area contributed by atoms with E-state index >= 15 is 0 Å². The molecule has 0 atom stereocenters. The van der Waals surface area contributed by atoms with Crippen LogP contribution in [0.5, 0.6) is 5.75 Å². The molecule has 3 aromatic rings. The molecular weight excluding hydrogens is 368 g/mol. The first-order valence-corrected chi connectivity index (χ1v) is 8.28. The maximum absolute atomic E-state index is 14.4. The van der Waals surface area contributed by atoms with E-state index in [1.54, 1.807) is 30.3 Å². The van der Waals surface area contributed by atoms with Gasteiger partial charge in [0.15, 0.2) is 11.6 Å². The van der Waals surface area contributed by atoms with Gasteiger partial charge < -0.3 is 4.74 Å². The SMILES string of the molecule is C=CCOc1ccc(-c2cc(F)c(C#Cc3ccc(F)c(F)c3)c(F)c2)cc1. The summed E-state index contributed by atoms with van der Waals surface area (Å²) in [6.07, 6.45) is 1.61. The first kappa shape index (κ1) is 19.2. The second kappa shape index (κ2) is 8.45. The number of hydrogen-bond acceptors (Lipinski definition) is 1. The van der Waals surface area contributed by atoms with Gasteiger partial charge in [0.2, 0.25) is 0 Å². The van der Waals surface area contributed by atoms with E-state index in [1.165, 1.54) is 6.07 Å². The molecular formula is C23H14F4O. The maximum atomic E-state index is 14.4. The predicted molar refractivity (Wildman–Crippen MR) is 99.8 cm³/mol. The van der Waals surface area contributed by atoms with E-state index in [4.69, 9.17) is 4.74 Å². The molecule has 28 heavy (non-hydrogen) atoms. The van der Waals surface area contributed by atoms with Crippen molar-refractivity contribution in [2.24, 2.45) is 0 Å². The van der Waals surface area contributed by atoms with Gasteiger partial charge in [-0.25, -0.2) is 17.6 Å². The molecule has 0 aliphatic carbocycles. The van der Waals surface area contributed by atoms with Crippen LogP contribution in [0, 0.1) is 35.1 Å². The number of hydrogen-bond donors (Lipinski definition) is 0. The molecule has 0 spiro atoms. The van der Waals surface area contributed by atoms with Crippen LogP contribution in [0.1, 0.15) is 11.1 Å². The van der Waals surface area contributed by atoms with Crippen molar-refractivity contribution in [1.82, 2.24) is 0 Å². The fourth-order valence-electron chi connectivity index (χ4n) is 2.47. The number of halogens is 4. The lowest BCUT2D eigenvalue weighted by molar-refractivity contribution is 0.363. The van der Waals surface area contributed by atoms with Gasteiger partial charge >= 0.3 is 0 Å². The van der Waals surface area contributed by atoms with Crippen molar-refractivity contribution in [2.75, 3.05) is 6.61 Å². The van der Waals surface area contributed by atoms with Crippen LogP contribution in [-0.4, -0.2) is 6.61 Å². The highest BCUT2D eigenvalue weighted by Crippen LogP contribution is 2.26. The molecule has 0 heterocycles. The van der Waals surface area contributed by atoms with Crippen molar-refractivity contribution in [3.63, 3.8) is 0 Å². The van der Waals surface area contributed by atoms with Crippen LogP contribution in [0.25, 0.3) is 11.1 Å². The molecule has 1 nitrogen and oxygen atoms in total. The van der Waals surface area contributed by atoms with Crippen LogP contribution in [0.4, 0.5) is 17.6 Å². The monoisotopic (exact) mass is 382 g/mol. The summed E-state index contributed by atoms with van der Waals surface area (Å²) in [5, 5.41) is 0. The van der Waals surface area contributed by atoms with Gasteiger partial charge in [-0.3, -0.25) is 0 Å². The fourth-order valence-corrected chi connectivity index (χ4v) is 2.47. The molecule has 0 saturated carbocycles. The van der Waals surface area contributed by atoms with E-state index < -0.39 is 28.8 Å². The lowest BCUT2D eigenvalue weighted by atomic mass is 10.0. The van der Waals surface area contributed by atoms with Crippen molar-refractivity contribution in [2.45, 2.75) is 0 Å². The summed E-state index contributed by atoms with van der Waals surface area (Å²) >= 11 is 0. The zero-order chi connectivity index (χ0) is 20.1. The van der Waals surface area contributed by atoms with Crippen LogP contribution < -0.4 is 4.74 Å². The van der Waals surface area contributed by atoms with Crippen LogP contribution in [0.3, 0.4) is 0 Å². The minimum absolute atomic E-state index is 0.108. The molecule has 3 aromatic carbocycles. The molecule has 0 aromatic heterocycles. The lowest BCUT2D eigenvalue weighted by Crippen LogP contribution is -1.94. The van der Waals surface area contributed by atoms with Crippen LogP contribution in [0.15, 0.2) is 67.3 Å². The van der Waals surface area contributed by atoms with Gasteiger partial charge in [-0.1, -0.05) is 36.6 Å². The van der Waals surface area contributed by atoms with E-state index in [9.17, 15) is 17.6 Å². The molecule has 0 amide bonds. The average Bonchev–Trinajstić information content (AvgIpc) is 2.68. The van der Waals surface area contributed by atoms with Gasteiger partial charge in [0, 0.05) is 5.56 Å². The van der Waals surface area contributed by atoms with E-state index in [0.29, 0.717) is 23.5 Å². The predicted octanol–water partition coefficient (Wildman–Crippen LogP) is 5.87. The Labute approximate surface area is 159 Å². The quantitative estimate of drug-likeness (QED) is 0.311. The van der Waals surface area contributed by atoms with E-state index in [2.05, 4.69) is 18.4 Å². The van der Waals surface area contributed by atoms with Gasteiger partial charge in [0.1, 0.15) is 24.0 Å². The second-order valence-corrected chi connectivity index (χ2v) is 5.82. The second-order valence-electron chi connectivity index (χ2n) is 5.82. The summed E-state index contributed by atoms with van der Waals surface area (Å²) in [4.78, 5) is 0. The molecule has 5 heteroatoms. The zero-order valence-electron chi connectivity index (χ0n) is 14.6. The molecule has 0 bridgehead atoms. The van der Waals surface area contributed by atoms with E-state index in [-0.39, 0.29) is 5.56 Å². The standard InChI is InChI=1S/C23H14F4O/c1-2-11-28-18-7-5-16(6-8-18)17-13-21(25)19(22(26)14-17)9-3-15-4-10-20(24)23(27)12-15/h2,4-8,10,12-14H,1,11H2. The third-order valence-electron chi connectivity index (χ3n) is 3.85. The van der Waals surface area contributed by atoms with E-state index in [1.807, 2.05) is 0 Å². The molecule has 3 rings (SSSR count). The normalized spacial score (nSPS) is 10.1. The highest BCUT2D eigenvalue weighted by molar-refractivity contribution is 5.66. The van der Waals surface area contributed by atoms with Crippen molar-refractivity contribution in [1.29, 1.82) is 0 Å². The summed E-state index contributed by atoms with van der Waals surface area (Å²) in [6, 6.07) is 12.1. The lowest BCUT2D eigenvalue weighted by Gasteiger charge is -2.07. The number of rotatable bonds is 4. The highest BCUT2D eigenvalue weighted by Gasteiger charge is 2.11. The molecule has 140 valence electrons. The van der Waals surface area contributed by atoms with Crippen LogP contribution >= 0.6 is 0 Å². The summed E-state index contributed by atoms with van der Waals surface area (Å²) in [6.45, 7) is 3.91. The van der Waals surface area contributed by atoms with Gasteiger partial charge in [-0.2, -0.15) is 0 Å². The maximum Gasteiger partial charge on any atom is 0.160 e. The smallest absolute Gasteiger partial charge is 0.160 e. The average molecular weight is 382 g/mol. The molecule has 0 N–H and O–H groups in total. The number of ether oxygens (including phenoxy) is 1. The molecule has 0 aliphatic heterocycles. The van der Waals surface area contributed by atoms with Crippen molar-refractivity contribution in [3.05, 3.63) is 102 Å². The number of benzene rings is 3. The van der Waals surface area contributed by atoms with Gasteiger partial charge in [0.05, 0.1) is 5.56 Å². The van der Waals surface area contributed by atoms with Gasteiger partial charge in [-0.05, 0) is 53.6 Å². The minimum atomic E-state index is -1.08. The Morgan fingerprint density at radius 2 is 1.43 bits per heavy atom. The molecule has 0 fully saturated rings. The van der Waals surface area contributed by atoms with Gasteiger partial charge in [-0.15, -0.1) is 0 Å². The third-order valence-corrected chi connectivity index (χ3v) is 3.85. The molecule has 0 radical (unpaired) electrons. The Kier molecular flexibility index (Phi) is 5.81. The Morgan fingerprint density at radius 1 is 0.750 bits per heavy atom. The summed E-state index contributed by atoms with van der Waals surface area (Å²) in [5.41, 5.74) is 0.601. The van der Waals surface area contributed by atoms with Crippen molar-refractivity contribution >= 4 is 0 Å². The zero-order valence-corrected chi connectivity index (χ0v) is 14.6. The Bertz CT molecular complexity index is 1050. The summed E-state index contributed by atoms with van der Waals surface area (Å²) in [7, 11) is 0. The Morgan fingerprint density at radius 3 is 2.04 bits per heavy atom. The van der Waals surface area contributed by atoms with Crippen molar-refractivity contribution in [3.8, 4) is 28.7 Å². The first-order chi connectivity index (χ1) is 13.5. The topological polar surface area (TPSA) is 9.23 Å². The summed E-state index contributed by atoms with van der Waals surface area (Å²) in [5.74, 6) is 1.58. The van der Waals surface area contributed by atoms with Crippen LogP contribution in [-0.2, 0) is 0 Å². The molecule has 0 saturated heterocycles. The van der Waals surface area contributed by atoms with E-state index in [0.717, 1.165) is 24.3 Å². The third kappa shape index (κ3) is 4.41. The fraction of sp³-hybridized carbons (Fsp3) is 0.0435. The largest absolute Gasteiger partial charge is 0.490 e. The Hall–Kier alpha value is -3.52. The highest BCUT2D eigenvalue weighted by atomic mass is 19.2. The van der Waals surface area contributed by atoms with Gasteiger partial charge in [0.25, 0.3) is 0 Å². The Balaban J connectivity index is 1.88. The first-order valence-electron chi connectivity index (χ1n) is 8.28. The molecule has 0 unspecified atom stereocenters. The molecule has 0 aliphatic rings.